The second-order valence-corrected chi connectivity index (χ2v) is 21.0. The van der Waals surface area contributed by atoms with E-state index in [9.17, 15) is 61.3 Å². The molecule has 64 heavy (non-hydrogen) atoms. The third-order valence-electron chi connectivity index (χ3n) is 17.4. The molecule has 0 amide bonds. The topological polar surface area (TPSA) is 307 Å². The number of aliphatic hydroxyl groups excluding tert-OH is 12. The van der Waals surface area contributed by atoms with Gasteiger partial charge in [-0.15, -0.1) is 0 Å². The molecule has 0 bridgehead atoms. The first-order valence-corrected chi connectivity index (χ1v) is 23.6. The highest BCUT2D eigenvalue weighted by molar-refractivity contribution is 5.27. The van der Waals surface area contributed by atoms with Gasteiger partial charge in [0.15, 0.2) is 18.9 Å². The summed E-state index contributed by atoms with van der Waals surface area (Å²) in [7, 11) is 0. The lowest BCUT2D eigenvalue weighted by Crippen LogP contribution is -2.65. The molecule has 3 saturated heterocycles. The van der Waals surface area contributed by atoms with Gasteiger partial charge in [-0.3, -0.25) is 0 Å². The van der Waals surface area contributed by atoms with E-state index >= 15 is 0 Å². The van der Waals surface area contributed by atoms with Crippen molar-refractivity contribution < 1.29 is 94.4 Å². The van der Waals surface area contributed by atoms with Crippen molar-refractivity contribution in [2.24, 2.45) is 46.3 Å². The molecule has 8 rings (SSSR count). The van der Waals surface area contributed by atoms with E-state index in [1.165, 1.54) is 5.57 Å². The Morgan fingerprint density at radius 2 is 1.25 bits per heavy atom. The lowest BCUT2D eigenvalue weighted by atomic mass is 9.44. The van der Waals surface area contributed by atoms with Crippen molar-refractivity contribution in [3.63, 3.8) is 0 Å². The Bertz CT molecular complexity index is 1620. The van der Waals surface area contributed by atoms with Crippen molar-refractivity contribution in [2.45, 2.75) is 196 Å². The molecule has 0 unspecified atom stereocenters. The maximum atomic E-state index is 11.9. The zero-order valence-electron chi connectivity index (χ0n) is 37.3. The third-order valence-corrected chi connectivity index (χ3v) is 17.4. The minimum absolute atomic E-state index is 0.0561. The smallest absolute Gasteiger partial charge is 0.187 e. The van der Waals surface area contributed by atoms with E-state index < -0.39 is 124 Å². The number of rotatable bonds is 13. The molecule has 4 aliphatic carbocycles. The molecule has 4 heterocycles. The van der Waals surface area contributed by atoms with E-state index in [1.54, 1.807) is 0 Å². The van der Waals surface area contributed by atoms with Gasteiger partial charge in [0.2, 0.25) is 0 Å². The molecule has 19 heteroatoms. The van der Waals surface area contributed by atoms with Crippen LogP contribution in [0, 0.1) is 46.3 Å². The third kappa shape index (κ3) is 8.63. The number of fused-ring (bicyclic) bond motifs is 7. The van der Waals surface area contributed by atoms with Crippen LogP contribution in [0.1, 0.15) is 85.5 Å². The average molecular weight is 919 g/mol. The minimum atomic E-state index is -1.79. The van der Waals surface area contributed by atoms with Gasteiger partial charge in [0.05, 0.1) is 44.4 Å². The van der Waals surface area contributed by atoms with Crippen molar-refractivity contribution in [1.29, 1.82) is 0 Å². The van der Waals surface area contributed by atoms with Crippen LogP contribution in [-0.4, -0.2) is 198 Å². The summed E-state index contributed by atoms with van der Waals surface area (Å²) in [6, 6.07) is 0. The van der Waals surface area contributed by atoms with Crippen LogP contribution in [0.15, 0.2) is 11.3 Å². The van der Waals surface area contributed by atoms with E-state index in [1.807, 2.05) is 6.92 Å². The maximum absolute atomic E-state index is 11.9. The van der Waals surface area contributed by atoms with Crippen LogP contribution in [-0.2, 0) is 33.2 Å². The highest BCUT2D eigenvalue weighted by Crippen LogP contribution is 2.70. The summed E-state index contributed by atoms with van der Waals surface area (Å²) in [5, 5.41) is 125. The lowest BCUT2D eigenvalue weighted by Gasteiger charge is -2.61. The molecule has 0 aromatic rings. The van der Waals surface area contributed by atoms with E-state index in [-0.39, 0.29) is 35.4 Å². The van der Waals surface area contributed by atoms with E-state index in [2.05, 4.69) is 20.8 Å². The highest BCUT2D eigenvalue weighted by atomic mass is 16.8. The summed E-state index contributed by atoms with van der Waals surface area (Å²) < 4.78 is 41.9. The second kappa shape index (κ2) is 19.3. The van der Waals surface area contributed by atoms with Gasteiger partial charge in [-0.05, 0) is 104 Å². The van der Waals surface area contributed by atoms with Gasteiger partial charge in [0.1, 0.15) is 79.4 Å². The first-order chi connectivity index (χ1) is 30.4. The van der Waals surface area contributed by atoms with Gasteiger partial charge < -0.3 is 94.4 Å². The van der Waals surface area contributed by atoms with Crippen molar-refractivity contribution >= 4 is 0 Å². The Labute approximate surface area is 373 Å². The maximum Gasteiger partial charge on any atom is 0.187 e. The summed E-state index contributed by atoms with van der Waals surface area (Å²) in [6.45, 7) is 7.37. The van der Waals surface area contributed by atoms with Crippen molar-refractivity contribution in [2.75, 3.05) is 26.4 Å². The molecule has 4 saturated carbocycles. The molecule has 12 N–H and O–H groups in total. The van der Waals surface area contributed by atoms with Crippen LogP contribution >= 0.6 is 0 Å². The first-order valence-electron chi connectivity index (χ1n) is 23.6. The number of allylic oxidation sites excluding steroid dienone is 1. The van der Waals surface area contributed by atoms with Crippen LogP contribution in [0.25, 0.3) is 0 Å². The zero-order chi connectivity index (χ0) is 46.2. The van der Waals surface area contributed by atoms with Crippen molar-refractivity contribution in [3.05, 3.63) is 11.3 Å². The summed E-state index contributed by atoms with van der Waals surface area (Å²) in [6.07, 6.45) is -16.4. The number of hydrogen-bond acceptors (Lipinski definition) is 19. The SMILES string of the molecule is CC1=C(CC[C@@H](C)CO[C@@H]2O[C@H](CO)[C@@H](O)[C@H](O)[C@H]2O)O[C@H]2C[C@H]3[C@@H]4CC[C@@H]5C[C@@H](O[C@@H]6O[C@H](CO)[C@H](O)[C@H](O)[C@H]6O[C@@H]6O[C@H](CO)[C@@H](O)[C@H](O)[C@H]6O)[C@@H](O)C[C@]5(C)[C@H]4CC[C@]3(C)[C@@H]12. The van der Waals surface area contributed by atoms with Gasteiger partial charge in [0, 0.05) is 12.3 Å². The molecule has 7 fully saturated rings. The first kappa shape index (κ1) is 49.2. The number of hydrogen-bond donors (Lipinski definition) is 12. The van der Waals surface area contributed by atoms with Crippen LogP contribution in [0.2, 0.25) is 0 Å². The Morgan fingerprint density at radius 1 is 0.656 bits per heavy atom. The molecule has 8 aliphatic rings. The molecule has 4 aliphatic heterocycles. The van der Waals surface area contributed by atoms with Gasteiger partial charge in [0.25, 0.3) is 0 Å². The predicted molar refractivity (Wildman–Crippen MR) is 219 cm³/mol. The molecule has 19 nitrogen and oxygen atoms in total. The fourth-order valence-corrected chi connectivity index (χ4v) is 13.7. The summed E-state index contributed by atoms with van der Waals surface area (Å²) >= 11 is 0. The van der Waals surface area contributed by atoms with Crippen LogP contribution in [0.3, 0.4) is 0 Å². The van der Waals surface area contributed by atoms with E-state index in [4.69, 9.17) is 33.2 Å². The van der Waals surface area contributed by atoms with Gasteiger partial charge in [-0.25, -0.2) is 0 Å². The molecule has 26 atom stereocenters. The fourth-order valence-electron chi connectivity index (χ4n) is 13.7. The largest absolute Gasteiger partial charge is 0.494 e. The average Bonchev–Trinajstić information content (AvgIpc) is 3.76. The van der Waals surface area contributed by atoms with Crippen molar-refractivity contribution in [3.8, 4) is 0 Å². The molecule has 0 aromatic carbocycles. The van der Waals surface area contributed by atoms with Crippen LogP contribution in [0.4, 0.5) is 0 Å². The Balaban J connectivity index is 0.888. The number of ether oxygens (including phenoxy) is 7. The lowest BCUT2D eigenvalue weighted by molar-refractivity contribution is -0.376. The molecular weight excluding hydrogens is 844 g/mol. The van der Waals surface area contributed by atoms with E-state index in [0.29, 0.717) is 36.5 Å². The van der Waals surface area contributed by atoms with Gasteiger partial charge in [-0.1, -0.05) is 20.8 Å². The second-order valence-electron chi connectivity index (χ2n) is 21.0. The Morgan fingerprint density at radius 3 is 1.89 bits per heavy atom. The molecule has 0 radical (unpaired) electrons. The standard InChI is InChI=1S/C45H74O19/c1-18(17-58-41-38(56)35(53)32(50)28(14-46)61-41)5-8-25-19(2)31-27(59-25)12-23-21-7-6-20-11-26(24(49)13-45(20,4)22(21)9-10-44(23,31)3)60-43-40(37(55)34(52)30(16-48)63-43)64-42-39(57)36(54)33(51)29(15-47)62-42/h18,20-24,26-43,46-57H,5-17H2,1-4H3/t18-,20-,21-,22+,23+,24+,26-,27+,28-,29-,30-,31+,32-,33-,34+,35+,36+,37+,38-,39-,40-,41-,42+,43-,44+,45+/m1/s1. The highest BCUT2D eigenvalue weighted by Gasteiger charge is 2.65. The Hall–Kier alpha value is -1.18. The summed E-state index contributed by atoms with van der Waals surface area (Å²) in [5.41, 5.74) is 1.18. The minimum Gasteiger partial charge on any atom is -0.494 e. The quantitative estimate of drug-likeness (QED) is 0.0902. The van der Waals surface area contributed by atoms with Crippen LogP contribution < -0.4 is 0 Å². The fraction of sp³-hybridized carbons (Fsp3) is 0.956. The number of aliphatic hydroxyl groups is 12. The summed E-state index contributed by atoms with van der Waals surface area (Å²) in [4.78, 5) is 0. The zero-order valence-corrected chi connectivity index (χ0v) is 37.3. The predicted octanol–water partition coefficient (Wildman–Crippen LogP) is -1.86. The monoisotopic (exact) mass is 918 g/mol. The van der Waals surface area contributed by atoms with Gasteiger partial charge >= 0.3 is 0 Å². The van der Waals surface area contributed by atoms with Gasteiger partial charge in [-0.2, -0.15) is 0 Å². The summed E-state index contributed by atoms with van der Waals surface area (Å²) in [5.74, 6) is 2.88. The normalized spacial score (nSPS) is 53.2. The van der Waals surface area contributed by atoms with E-state index in [0.717, 1.165) is 50.7 Å². The molecule has 0 aromatic heterocycles. The van der Waals surface area contributed by atoms with Crippen molar-refractivity contribution in [1.82, 2.24) is 0 Å². The Kier molecular flexibility index (Phi) is 14.9. The van der Waals surface area contributed by atoms with Crippen LogP contribution in [0.5, 0.6) is 0 Å². The molecule has 368 valence electrons. The molecular formula is C45H74O19. The molecule has 0 spiro atoms.